The summed E-state index contributed by atoms with van der Waals surface area (Å²) in [6.45, 7) is 4.97. The molecule has 2 aliphatic rings. The van der Waals surface area contributed by atoms with Gasteiger partial charge in [0.25, 0.3) is 0 Å². The molecule has 2 N–H and O–H groups in total. The van der Waals surface area contributed by atoms with Crippen molar-refractivity contribution in [2.24, 2.45) is 11.8 Å². The number of hydrogen-bond acceptors (Lipinski definition) is 2. The number of amides is 1. The van der Waals surface area contributed by atoms with E-state index in [-0.39, 0.29) is 0 Å². The number of aromatic nitrogens is 1. The lowest BCUT2D eigenvalue weighted by Crippen LogP contribution is -2.50. The van der Waals surface area contributed by atoms with Gasteiger partial charge in [-0.3, -0.25) is 4.79 Å². The van der Waals surface area contributed by atoms with Crippen LogP contribution in [-0.2, 0) is 11.3 Å². The summed E-state index contributed by atoms with van der Waals surface area (Å²) in [6, 6.07) is 9.05. The van der Waals surface area contributed by atoms with E-state index in [2.05, 4.69) is 46.4 Å². The Labute approximate surface area is 137 Å². The van der Waals surface area contributed by atoms with Crippen molar-refractivity contribution in [3.8, 4) is 0 Å². The molecular formula is C19H25N3O. The van der Waals surface area contributed by atoms with E-state index in [0.29, 0.717) is 23.8 Å². The first kappa shape index (κ1) is 14.8. The molecule has 2 heterocycles. The van der Waals surface area contributed by atoms with Crippen molar-refractivity contribution in [2.75, 3.05) is 13.1 Å². The van der Waals surface area contributed by atoms with Gasteiger partial charge in [-0.15, -0.1) is 0 Å². The molecule has 122 valence electrons. The maximum atomic E-state index is 12.2. The number of aromatic amines is 1. The molecule has 0 unspecified atom stereocenters. The molecule has 2 aromatic rings. The summed E-state index contributed by atoms with van der Waals surface area (Å²) in [4.78, 5) is 17.6. The van der Waals surface area contributed by atoms with Crippen LogP contribution in [0.3, 0.4) is 0 Å². The second-order valence-electron chi connectivity index (χ2n) is 7.17. The van der Waals surface area contributed by atoms with Crippen molar-refractivity contribution >= 4 is 16.8 Å². The van der Waals surface area contributed by atoms with Gasteiger partial charge in [0.1, 0.15) is 0 Å². The average molecular weight is 311 g/mol. The van der Waals surface area contributed by atoms with Crippen LogP contribution >= 0.6 is 0 Å². The SMILES string of the molecule is C[C@H]1CN(C(=O)C2CC2)CC[C@@H]1NCc1cccc2[nH]ccc12. The number of hydrogen-bond donors (Lipinski definition) is 2. The third-order valence-electron chi connectivity index (χ3n) is 5.38. The third kappa shape index (κ3) is 3.00. The van der Waals surface area contributed by atoms with E-state index in [1.807, 2.05) is 6.20 Å². The number of carbonyl (C=O) groups excluding carboxylic acids is 1. The van der Waals surface area contributed by atoms with Crippen LogP contribution in [-0.4, -0.2) is 34.9 Å². The van der Waals surface area contributed by atoms with E-state index in [0.717, 1.165) is 38.9 Å². The van der Waals surface area contributed by atoms with E-state index in [9.17, 15) is 4.79 Å². The molecule has 1 aromatic carbocycles. The fourth-order valence-corrected chi connectivity index (χ4v) is 3.78. The van der Waals surface area contributed by atoms with Gasteiger partial charge in [-0.05, 0) is 42.9 Å². The van der Waals surface area contributed by atoms with E-state index >= 15 is 0 Å². The molecule has 23 heavy (non-hydrogen) atoms. The van der Waals surface area contributed by atoms with Crippen LogP contribution in [0, 0.1) is 11.8 Å². The van der Waals surface area contributed by atoms with Crippen molar-refractivity contribution < 1.29 is 4.79 Å². The Bertz CT molecular complexity index is 703. The normalized spacial score (nSPS) is 25.0. The van der Waals surface area contributed by atoms with Gasteiger partial charge in [0.15, 0.2) is 0 Å². The van der Waals surface area contributed by atoms with Gasteiger partial charge < -0.3 is 15.2 Å². The number of H-pyrrole nitrogens is 1. The summed E-state index contributed by atoms with van der Waals surface area (Å²) < 4.78 is 0. The summed E-state index contributed by atoms with van der Waals surface area (Å²) in [7, 11) is 0. The monoisotopic (exact) mass is 311 g/mol. The summed E-state index contributed by atoms with van der Waals surface area (Å²) in [5, 5.41) is 5.02. The maximum absolute atomic E-state index is 12.2. The van der Waals surface area contributed by atoms with E-state index in [1.165, 1.54) is 16.5 Å². The van der Waals surface area contributed by atoms with Gasteiger partial charge in [0.05, 0.1) is 0 Å². The smallest absolute Gasteiger partial charge is 0.225 e. The summed E-state index contributed by atoms with van der Waals surface area (Å²) in [5.41, 5.74) is 2.54. The quantitative estimate of drug-likeness (QED) is 0.912. The first-order chi connectivity index (χ1) is 11.2. The predicted octanol–water partition coefficient (Wildman–Crippen LogP) is 2.90. The van der Waals surface area contributed by atoms with Gasteiger partial charge in [-0.2, -0.15) is 0 Å². The highest BCUT2D eigenvalue weighted by atomic mass is 16.2. The third-order valence-corrected chi connectivity index (χ3v) is 5.38. The highest BCUT2D eigenvalue weighted by Gasteiger charge is 2.36. The maximum Gasteiger partial charge on any atom is 0.225 e. The summed E-state index contributed by atoms with van der Waals surface area (Å²) in [5.74, 6) is 1.25. The minimum absolute atomic E-state index is 0.345. The van der Waals surface area contributed by atoms with E-state index in [1.54, 1.807) is 0 Å². The van der Waals surface area contributed by atoms with Gasteiger partial charge >= 0.3 is 0 Å². The zero-order valence-corrected chi connectivity index (χ0v) is 13.7. The molecular weight excluding hydrogens is 286 g/mol. The van der Waals surface area contributed by atoms with Crippen LogP contribution in [0.5, 0.6) is 0 Å². The second-order valence-corrected chi connectivity index (χ2v) is 7.17. The van der Waals surface area contributed by atoms with Gasteiger partial charge in [-0.1, -0.05) is 19.1 Å². The molecule has 1 saturated carbocycles. The number of nitrogens with one attached hydrogen (secondary N) is 2. The molecule has 2 atom stereocenters. The molecule has 1 aliphatic carbocycles. The predicted molar refractivity (Wildman–Crippen MR) is 92.0 cm³/mol. The van der Waals surface area contributed by atoms with E-state index < -0.39 is 0 Å². The Morgan fingerprint density at radius 3 is 2.96 bits per heavy atom. The minimum Gasteiger partial charge on any atom is -0.361 e. The fourth-order valence-electron chi connectivity index (χ4n) is 3.78. The lowest BCUT2D eigenvalue weighted by atomic mass is 9.93. The number of likely N-dealkylation sites (tertiary alicyclic amines) is 1. The number of rotatable bonds is 4. The van der Waals surface area contributed by atoms with Crippen LogP contribution in [0.1, 0.15) is 31.7 Å². The molecule has 4 nitrogen and oxygen atoms in total. The molecule has 2 fully saturated rings. The van der Waals surface area contributed by atoms with Crippen molar-refractivity contribution in [2.45, 2.75) is 38.8 Å². The minimum atomic E-state index is 0.345. The molecule has 1 amide bonds. The van der Waals surface area contributed by atoms with Gasteiger partial charge in [0.2, 0.25) is 5.91 Å². The summed E-state index contributed by atoms with van der Waals surface area (Å²) in [6.07, 6.45) is 5.26. The molecule has 0 bridgehead atoms. The number of fused-ring (bicyclic) bond motifs is 1. The van der Waals surface area contributed by atoms with Gasteiger partial charge in [-0.25, -0.2) is 0 Å². The average Bonchev–Trinajstić information content (AvgIpc) is 3.30. The Morgan fingerprint density at radius 2 is 2.17 bits per heavy atom. The Hall–Kier alpha value is -1.81. The highest BCUT2D eigenvalue weighted by Crippen LogP contribution is 2.32. The van der Waals surface area contributed by atoms with Gasteiger partial charge in [0, 0.05) is 48.7 Å². The number of nitrogens with zero attached hydrogens (tertiary/aromatic N) is 1. The molecule has 4 heteroatoms. The molecule has 1 saturated heterocycles. The van der Waals surface area contributed by atoms with Crippen molar-refractivity contribution in [1.82, 2.24) is 15.2 Å². The molecule has 1 aliphatic heterocycles. The van der Waals surface area contributed by atoms with Crippen molar-refractivity contribution in [3.05, 3.63) is 36.0 Å². The Morgan fingerprint density at radius 1 is 1.30 bits per heavy atom. The van der Waals surface area contributed by atoms with Crippen molar-refractivity contribution in [3.63, 3.8) is 0 Å². The zero-order valence-electron chi connectivity index (χ0n) is 13.7. The highest BCUT2D eigenvalue weighted by molar-refractivity contribution is 5.83. The molecule has 0 spiro atoms. The van der Waals surface area contributed by atoms with Crippen LogP contribution in [0.4, 0.5) is 0 Å². The standard InChI is InChI=1S/C19H25N3O/c1-13-12-22(19(23)14-5-6-14)10-8-17(13)21-11-15-3-2-4-18-16(15)7-9-20-18/h2-4,7,9,13-14,17,20-21H,5-6,8,10-12H2,1H3/t13-,17-/m0/s1. The zero-order chi connectivity index (χ0) is 15.8. The number of carbonyl (C=O) groups is 1. The number of benzene rings is 1. The topological polar surface area (TPSA) is 48.1 Å². The Kier molecular flexibility index (Phi) is 3.85. The lowest BCUT2D eigenvalue weighted by Gasteiger charge is -2.37. The second kappa shape index (κ2) is 6.00. The Balaban J connectivity index is 1.36. The van der Waals surface area contributed by atoms with Crippen LogP contribution in [0.2, 0.25) is 0 Å². The van der Waals surface area contributed by atoms with E-state index in [4.69, 9.17) is 0 Å². The molecule has 0 radical (unpaired) electrons. The first-order valence-electron chi connectivity index (χ1n) is 8.79. The largest absolute Gasteiger partial charge is 0.361 e. The summed E-state index contributed by atoms with van der Waals surface area (Å²) >= 11 is 0. The molecule has 1 aromatic heterocycles. The first-order valence-corrected chi connectivity index (χ1v) is 8.79. The lowest BCUT2D eigenvalue weighted by molar-refractivity contribution is -0.134. The molecule has 4 rings (SSSR count). The van der Waals surface area contributed by atoms with Crippen molar-refractivity contribution in [1.29, 1.82) is 0 Å². The van der Waals surface area contributed by atoms with Crippen LogP contribution in [0.25, 0.3) is 10.9 Å². The number of piperidine rings is 1. The van der Waals surface area contributed by atoms with Crippen LogP contribution in [0.15, 0.2) is 30.5 Å². The fraction of sp³-hybridized carbons (Fsp3) is 0.526. The van der Waals surface area contributed by atoms with Crippen LogP contribution < -0.4 is 5.32 Å².